The zero-order chi connectivity index (χ0) is 26.4. The maximum absolute atomic E-state index is 12.5. The first-order valence-corrected chi connectivity index (χ1v) is 13.4. The van der Waals surface area contributed by atoms with Crippen molar-refractivity contribution in [1.82, 2.24) is 0 Å². The fraction of sp³-hybridized carbons (Fsp3) is 0.235. The first-order valence-electron chi connectivity index (χ1n) is 13.4. The average Bonchev–Trinajstić information content (AvgIpc) is 2.99. The van der Waals surface area contributed by atoms with Crippen LogP contribution in [-0.4, -0.2) is 24.8 Å². The van der Waals surface area contributed by atoms with Gasteiger partial charge in [0, 0.05) is 22.3 Å². The van der Waals surface area contributed by atoms with Crippen LogP contribution in [0.1, 0.15) is 70.4 Å². The van der Waals surface area contributed by atoms with Gasteiger partial charge in [-0.3, -0.25) is 9.59 Å². The van der Waals surface area contributed by atoms with E-state index < -0.39 is 0 Å². The van der Waals surface area contributed by atoms with Crippen LogP contribution in [0.2, 0.25) is 0 Å². The predicted octanol–water partition coefficient (Wildman–Crippen LogP) is 7.95. The number of unbranched alkanes of at least 4 members (excludes halogenated alkanes) is 5. The second kappa shape index (κ2) is 14.5. The van der Waals surface area contributed by atoms with Crippen LogP contribution in [0.5, 0.6) is 11.5 Å². The van der Waals surface area contributed by atoms with E-state index in [2.05, 4.69) is 0 Å². The summed E-state index contributed by atoms with van der Waals surface area (Å²) >= 11 is 0. The molecule has 0 aliphatic heterocycles. The SMILES string of the molecule is O=C(c1ccccc1)c1ccc(OCCCCCCCCOc2ccc(C(=O)c3ccccc3)cc2)cc1. The number of hydrogen-bond donors (Lipinski definition) is 0. The average molecular weight is 507 g/mol. The van der Waals surface area contributed by atoms with Crippen LogP contribution in [0.15, 0.2) is 109 Å². The maximum Gasteiger partial charge on any atom is 0.193 e. The number of carbonyl (C=O) groups is 2. The van der Waals surface area contributed by atoms with E-state index in [0.717, 1.165) is 37.2 Å². The van der Waals surface area contributed by atoms with E-state index in [4.69, 9.17) is 9.47 Å². The number of ether oxygens (including phenoxy) is 2. The third kappa shape index (κ3) is 8.17. The van der Waals surface area contributed by atoms with E-state index in [-0.39, 0.29) is 11.6 Å². The molecular formula is C34H34O4. The van der Waals surface area contributed by atoms with Crippen molar-refractivity contribution in [2.75, 3.05) is 13.2 Å². The van der Waals surface area contributed by atoms with Crippen LogP contribution >= 0.6 is 0 Å². The summed E-state index contributed by atoms with van der Waals surface area (Å²) in [4.78, 5) is 25.0. The normalized spacial score (nSPS) is 10.6. The van der Waals surface area contributed by atoms with E-state index in [1.165, 1.54) is 12.8 Å². The molecule has 4 nitrogen and oxygen atoms in total. The number of carbonyl (C=O) groups excluding carboxylic acids is 2. The van der Waals surface area contributed by atoms with E-state index in [1.807, 2.05) is 109 Å². The Morgan fingerprint density at radius 3 is 1.08 bits per heavy atom. The van der Waals surface area contributed by atoms with Crippen LogP contribution < -0.4 is 9.47 Å². The highest BCUT2D eigenvalue weighted by atomic mass is 16.5. The van der Waals surface area contributed by atoms with Gasteiger partial charge < -0.3 is 9.47 Å². The minimum Gasteiger partial charge on any atom is -0.494 e. The smallest absolute Gasteiger partial charge is 0.193 e. The topological polar surface area (TPSA) is 52.6 Å². The third-order valence-corrected chi connectivity index (χ3v) is 6.38. The fourth-order valence-corrected chi connectivity index (χ4v) is 4.21. The van der Waals surface area contributed by atoms with Gasteiger partial charge in [0.05, 0.1) is 13.2 Å². The molecule has 38 heavy (non-hydrogen) atoms. The molecule has 0 atom stereocenters. The molecule has 0 aliphatic carbocycles. The molecule has 0 saturated carbocycles. The summed E-state index contributed by atoms with van der Waals surface area (Å²) in [7, 11) is 0. The Hall–Kier alpha value is -4.18. The first kappa shape index (κ1) is 26.9. The highest BCUT2D eigenvalue weighted by molar-refractivity contribution is 6.09. The third-order valence-electron chi connectivity index (χ3n) is 6.38. The quantitative estimate of drug-likeness (QED) is 0.121. The Labute approximate surface area is 225 Å². The van der Waals surface area contributed by atoms with E-state index >= 15 is 0 Å². The van der Waals surface area contributed by atoms with Gasteiger partial charge >= 0.3 is 0 Å². The van der Waals surface area contributed by atoms with Crippen molar-refractivity contribution in [3.8, 4) is 11.5 Å². The molecule has 0 bridgehead atoms. The molecule has 4 heteroatoms. The molecular weight excluding hydrogens is 472 g/mol. The highest BCUT2D eigenvalue weighted by Gasteiger charge is 2.09. The summed E-state index contributed by atoms with van der Waals surface area (Å²) in [6.07, 6.45) is 6.61. The highest BCUT2D eigenvalue weighted by Crippen LogP contribution is 2.18. The van der Waals surface area contributed by atoms with Crippen molar-refractivity contribution >= 4 is 11.6 Å². The summed E-state index contributed by atoms with van der Waals surface area (Å²) in [5.41, 5.74) is 2.72. The molecule has 0 radical (unpaired) electrons. The van der Waals surface area contributed by atoms with Crippen molar-refractivity contribution in [2.45, 2.75) is 38.5 Å². The van der Waals surface area contributed by atoms with Crippen molar-refractivity contribution in [1.29, 1.82) is 0 Å². The summed E-state index contributed by atoms with van der Waals surface area (Å²) in [5, 5.41) is 0. The lowest BCUT2D eigenvalue weighted by Gasteiger charge is -2.08. The molecule has 0 saturated heterocycles. The second-order valence-electron chi connectivity index (χ2n) is 9.26. The van der Waals surface area contributed by atoms with Crippen LogP contribution in [0.4, 0.5) is 0 Å². The first-order chi connectivity index (χ1) is 18.7. The molecule has 0 aromatic heterocycles. The number of ketones is 2. The minimum absolute atomic E-state index is 0.0239. The number of benzene rings is 4. The van der Waals surface area contributed by atoms with Crippen molar-refractivity contribution in [2.24, 2.45) is 0 Å². The molecule has 0 unspecified atom stereocenters. The van der Waals surface area contributed by atoms with Gasteiger partial charge in [0.25, 0.3) is 0 Å². The maximum atomic E-state index is 12.5. The largest absolute Gasteiger partial charge is 0.494 e. The minimum atomic E-state index is 0.0239. The van der Waals surface area contributed by atoms with Crippen LogP contribution in [-0.2, 0) is 0 Å². The molecule has 4 aromatic carbocycles. The van der Waals surface area contributed by atoms with Gasteiger partial charge in [-0.1, -0.05) is 86.3 Å². The van der Waals surface area contributed by atoms with Crippen molar-refractivity contribution in [3.05, 3.63) is 131 Å². The number of hydrogen-bond acceptors (Lipinski definition) is 4. The van der Waals surface area contributed by atoms with Gasteiger partial charge in [0.15, 0.2) is 11.6 Å². The lowest BCUT2D eigenvalue weighted by Crippen LogP contribution is -2.02. The van der Waals surface area contributed by atoms with E-state index in [1.54, 1.807) is 0 Å². The molecule has 4 aromatic rings. The van der Waals surface area contributed by atoms with Crippen molar-refractivity contribution in [3.63, 3.8) is 0 Å². The summed E-state index contributed by atoms with van der Waals surface area (Å²) in [6.45, 7) is 1.36. The Balaban J connectivity index is 1.03. The van der Waals surface area contributed by atoms with E-state index in [0.29, 0.717) is 35.5 Å². The van der Waals surface area contributed by atoms with Crippen molar-refractivity contribution < 1.29 is 19.1 Å². The predicted molar refractivity (Wildman–Crippen MR) is 151 cm³/mol. The summed E-state index contributed by atoms with van der Waals surface area (Å²) < 4.78 is 11.7. The molecule has 194 valence electrons. The van der Waals surface area contributed by atoms with E-state index in [9.17, 15) is 9.59 Å². The lowest BCUT2D eigenvalue weighted by molar-refractivity contribution is 0.103. The standard InChI is InChI=1S/C34H34O4/c35-33(27-13-7-5-8-14-27)29-17-21-31(22-18-29)37-25-11-3-1-2-4-12-26-38-32-23-19-30(20-24-32)34(36)28-15-9-6-10-16-28/h5-10,13-24H,1-4,11-12,25-26H2. The van der Waals surface area contributed by atoms with Crippen LogP contribution in [0.25, 0.3) is 0 Å². The summed E-state index contributed by atoms with van der Waals surface area (Å²) in [6, 6.07) is 33.4. The molecule has 4 rings (SSSR count). The zero-order valence-electron chi connectivity index (χ0n) is 21.7. The Kier molecular flexibility index (Phi) is 10.3. The molecule has 0 heterocycles. The van der Waals surface area contributed by atoms with Crippen LogP contribution in [0, 0.1) is 0 Å². The molecule has 0 fully saturated rings. The number of rotatable bonds is 15. The Morgan fingerprint density at radius 1 is 0.395 bits per heavy atom. The second-order valence-corrected chi connectivity index (χ2v) is 9.26. The van der Waals surface area contributed by atoms with Gasteiger partial charge in [0.1, 0.15) is 11.5 Å². The molecule has 0 N–H and O–H groups in total. The van der Waals surface area contributed by atoms with Gasteiger partial charge in [0.2, 0.25) is 0 Å². The van der Waals surface area contributed by atoms with Gasteiger partial charge in [-0.25, -0.2) is 0 Å². The zero-order valence-corrected chi connectivity index (χ0v) is 21.7. The summed E-state index contributed by atoms with van der Waals surface area (Å²) in [5.74, 6) is 1.64. The lowest BCUT2D eigenvalue weighted by atomic mass is 10.0. The van der Waals surface area contributed by atoms with Gasteiger partial charge in [-0.05, 0) is 61.4 Å². The Morgan fingerprint density at radius 2 is 0.711 bits per heavy atom. The molecule has 0 spiro atoms. The molecule has 0 aliphatic rings. The molecule has 0 amide bonds. The van der Waals surface area contributed by atoms with Gasteiger partial charge in [-0.2, -0.15) is 0 Å². The van der Waals surface area contributed by atoms with Gasteiger partial charge in [-0.15, -0.1) is 0 Å². The fourth-order valence-electron chi connectivity index (χ4n) is 4.21. The monoisotopic (exact) mass is 506 g/mol. The van der Waals surface area contributed by atoms with Crippen LogP contribution in [0.3, 0.4) is 0 Å². The Bertz CT molecular complexity index is 1160.